The summed E-state index contributed by atoms with van der Waals surface area (Å²) >= 11 is 0. The molecule has 0 aromatic heterocycles. The molecule has 0 radical (unpaired) electrons. The first-order chi connectivity index (χ1) is 21.2. The van der Waals surface area contributed by atoms with Gasteiger partial charge < -0.3 is 24.5 Å². The summed E-state index contributed by atoms with van der Waals surface area (Å²) in [6, 6.07) is 22.0. The zero-order valence-corrected chi connectivity index (χ0v) is 25.3. The number of likely N-dealkylation sites (tertiary alicyclic amines) is 1. The van der Waals surface area contributed by atoms with Crippen molar-refractivity contribution >= 4 is 39.9 Å². The number of amides is 3. The van der Waals surface area contributed by atoms with Crippen molar-refractivity contribution in [1.29, 1.82) is 0 Å². The molecular weight excluding hydrogens is 554 g/mol. The molecule has 3 aromatic carbocycles. The molecular formula is C36H39N3O5. The number of para-hydroxylation sites is 1. The Kier molecular flexibility index (Phi) is 7.68. The molecule has 2 bridgehead atoms. The van der Waals surface area contributed by atoms with Crippen LogP contribution in [0.1, 0.15) is 20.3 Å². The molecule has 6 atom stereocenters. The van der Waals surface area contributed by atoms with E-state index in [1.807, 2.05) is 86.6 Å². The van der Waals surface area contributed by atoms with Crippen molar-refractivity contribution in [2.75, 3.05) is 36.0 Å². The van der Waals surface area contributed by atoms with Crippen molar-refractivity contribution in [2.45, 2.75) is 37.5 Å². The summed E-state index contributed by atoms with van der Waals surface area (Å²) < 4.78 is 6.91. The van der Waals surface area contributed by atoms with Crippen LogP contribution in [-0.4, -0.2) is 71.2 Å². The van der Waals surface area contributed by atoms with Crippen LogP contribution in [0.3, 0.4) is 0 Å². The van der Waals surface area contributed by atoms with Gasteiger partial charge >= 0.3 is 0 Å². The number of aliphatic hydroxyl groups is 1. The number of hydrogen-bond donors (Lipinski definition) is 1. The lowest BCUT2D eigenvalue weighted by Gasteiger charge is -2.39. The number of nitrogens with zero attached hydrogens (tertiary/aromatic N) is 3. The molecule has 228 valence electrons. The Morgan fingerprint density at radius 3 is 2.25 bits per heavy atom. The van der Waals surface area contributed by atoms with Crippen LogP contribution in [0, 0.1) is 17.8 Å². The first-order valence-electron chi connectivity index (χ1n) is 15.2. The van der Waals surface area contributed by atoms with Gasteiger partial charge in [-0.3, -0.25) is 14.4 Å². The van der Waals surface area contributed by atoms with E-state index < -0.39 is 29.1 Å². The molecule has 0 aliphatic carbocycles. The number of aliphatic hydroxyl groups excluding tert-OH is 1. The normalized spacial score (nSPS) is 28.6. The maximum atomic E-state index is 14.8. The molecule has 3 aliphatic heterocycles. The van der Waals surface area contributed by atoms with Crippen molar-refractivity contribution in [3.05, 3.63) is 98.1 Å². The summed E-state index contributed by atoms with van der Waals surface area (Å²) in [7, 11) is 0. The first-order valence-corrected chi connectivity index (χ1v) is 15.2. The molecule has 3 fully saturated rings. The number of hydrogen-bond acceptors (Lipinski definition) is 5. The SMILES string of the molecule is C=CCN(C(=O)C1N(CCO)C(=O)[C@@H]2[C@@H](C(=O)N(CC=C)c3ccccc3)[C@]3(C)OC12CC3C)c1ccc2ccccc2c1. The molecule has 44 heavy (non-hydrogen) atoms. The van der Waals surface area contributed by atoms with Crippen LogP contribution in [0.25, 0.3) is 10.8 Å². The maximum absolute atomic E-state index is 14.8. The minimum absolute atomic E-state index is 0.0441. The fourth-order valence-corrected chi connectivity index (χ4v) is 7.91. The number of fused-ring (bicyclic) bond motifs is 2. The highest BCUT2D eigenvalue weighted by atomic mass is 16.5. The standard InChI is InChI=1S/C36H39N3O5/c1-5-18-37(27-14-8-7-9-15-27)32(41)29-30-33(42)39(20-21-40)31(36(30)23-24(3)35(29,4)44-36)34(43)38(19-6-2)28-17-16-25-12-10-11-13-26(25)22-28/h5-17,22,24,29-31,40H,1-2,18-21,23H2,3-4H3/t24?,29-,30-,31?,35+,36?/m0/s1. The van der Waals surface area contributed by atoms with Gasteiger partial charge in [0, 0.05) is 31.0 Å². The number of rotatable bonds is 10. The molecule has 1 spiro atoms. The van der Waals surface area contributed by atoms with Gasteiger partial charge in [-0.25, -0.2) is 0 Å². The van der Waals surface area contributed by atoms with Gasteiger partial charge in [0.25, 0.3) is 5.91 Å². The first kappa shape index (κ1) is 29.8. The van der Waals surface area contributed by atoms with Gasteiger partial charge in [-0.1, -0.05) is 67.6 Å². The zero-order valence-electron chi connectivity index (χ0n) is 25.3. The van der Waals surface area contributed by atoms with Gasteiger partial charge in [0.15, 0.2) is 0 Å². The van der Waals surface area contributed by atoms with Crippen LogP contribution in [0.5, 0.6) is 0 Å². The van der Waals surface area contributed by atoms with E-state index in [9.17, 15) is 19.5 Å². The second kappa shape index (κ2) is 11.3. The highest BCUT2D eigenvalue weighted by Gasteiger charge is 2.80. The molecule has 6 rings (SSSR count). The highest BCUT2D eigenvalue weighted by molar-refractivity contribution is 6.07. The number of carbonyl (C=O) groups is 3. The maximum Gasteiger partial charge on any atom is 0.253 e. The molecule has 1 N–H and O–H groups in total. The van der Waals surface area contributed by atoms with Gasteiger partial charge in [-0.2, -0.15) is 0 Å². The molecule has 3 heterocycles. The molecule has 3 saturated heterocycles. The third-order valence-electron chi connectivity index (χ3n) is 9.92. The Hall–Kier alpha value is -4.27. The van der Waals surface area contributed by atoms with Gasteiger partial charge in [-0.05, 0) is 54.3 Å². The average Bonchev–Trinajstić information content (AvgIpc) is 3.54. The molecule has 3 amide bonds. The van der Waals surface area contributed by atoms with E-state index in [0.717, 1.165) is 10.8 Å². The van der Waals surface area contributed by atoms with Gasteiger partial charge in [0.1, 0.15) is 11.6 Å². The third kappa shape index (κ3) is 4.39. The van der Waals surface area contributed by atoms with E-state index in [0.29, 0.717) is 17.8 Å². The van der Waals surface area contributed by atoms with Crippen LogP contribution in [-0.2, 0) is 19.1 Å². The van der Waals surface area contributed by atoms with Crippen LogP contribution >= 0.6 is 0 Å². The Bertz CT molecular complexity index is 1620. The van der Waals surface area contributed by atoms with E-state index in [2.05, 4.69) is 13.2 Å². The lowest BCUT2D eigenvalue weighted by molar-refractivity contribution is -0.146. The van der Waals surface area contributed by atoms with E-state index in [1.54, 1.807) is 22.0 Å². The zero-order chi connectivity index (χ0) is 31.2. The minimum Gasteiger partial charge on any atom is -0.395 e. The molecule has 0 saturated carbocycles. The van der Waals surface area contributed by atoms with Crippen molar-refractivity contribution < 1.29 is 24.2 Å². The summed E-state index contributed by atoms with van der Waals surface area (Å²) in [5.41, 5.74) is -0.832. The number of β-amino-alcohol motifs (C(OH)–C–C–N with tert-alkyl or cyclic N) is 1. The minimum atomic E-state index is -1.23. The van der Waals surface area contributed by atoms with Crippen LogP contribution in [0.15, 0.2) is 98.1 Å². The summed E-state index contributed by atoms with van der Waals surface area (Å²) in [6.07, 6.45) is 3.76. The fourth-order valence-electron chi connectivity index (χ4n) is 7.91. The monoisotopic (exact) mass is 593 g/mol. The number of benzene rings is 3. The summed E-state index contributed by atoms with van der Waals surface area (Å²) in [6.45, 7) is 11.8. The lowest BCUT2D eigenvalue weighted by atomic mass is 9.62. The average molecular weight is 594 g/mol. The molecule has 8 nitrogen and oxygen atoms in total. The largest absolute Gasteiger partial charge is 0.395 e. The van der Waals surface area contributed by atoms with E-state index in [4.69, 9.17) is 4.74 Å². The summed E-state index contributed by atoms with van der Waals surface area (Å²) in [5.74, 6) is -2.71. The van der Waals surface area contributed by atoms with Crippen molar-refractivity contribution in [1.82, 2.24) is 4.90 Å². The smallest absolute Gasteiger partial charge is 0.253 e. The van der Waals surface area contributed by atoms with Crippen LogP contribution < -0.4 is 9.80 Å². The van der Waals surface area contributed by atoms with Gasteiger partial charge in [-0.15, -0.1) is 13.2 Å². The van der Waals surface area contributed by atoms with Crippen molar-refractivity contribution in [3.8, 4) is 0 Å². The number of carbonyl (C=O) groups excluding carboxylic acids is 3. The molecule has 3 aromatic rings. The third-order valence-corrected chi connectivity index (χ3v) is 9.92. The second-order valence-electron chi connectivity index (χ2n) is 12.3. The second-order valence-corrected chi connectivity index (χ2v) is 12.3. The fraction of sp³-hybridized carbons (Fsp3) is 0.361. The van der Waals surface area contributed by atoms with E-state index in [1.165, 1.54) is 4.90 Å². The Morgan fingerprint density at radius 1 is 0.955 bits per heavy atom. The molecule has 8 heteroatoms. The topological polar surface area (TPSA) is 90.4 Å². The highest BCUT2D eigenvalue weighted by Crippen LogP contribution is 2.65. The Morgan fingerprint density at radius 2 is 1.59 bits per heavy atom. The van der Waals surface area contributed by atoms with E-state index in [-0.39, 0.29) is 49.9 Å². The predicted octanol–water partition coefficient (Wildman–Crippen LogP) is 4.58. The summed E-state index contributed by atoms with van der Waals surface area (Å²) in [4.78, 5) is 48.5. The Balaban J connectivity index is 1.45. The van der Waals surface area contributed by atoms with Crippen LogP contribution in [0.4, 0.5) is 11.4 Å². The Labute approximate surface area is 258 Å². The quantitative estimate of drug-likeness (QED) is 0.348. The lowest BCUT2D eigenvalue weighted by Crippen LogP contribution is -2.57. The molecule has 3 unspecified atom stereocenters. The van der Waals surface area contributed by atoms with E-state index >= 15 is 0 Å². The molecule has 3 aliphatic rings. The number of anilines is 2. The van der Waals surface area contributed by atoms with Crippen molar-refractivity contribution in [3.63, 3.8) is 0 Å². The van der Waals surface area contributed by atoms with Crippen molar-refractivity contribution in [2.24, 2.45) is 17.8 Å². The summed E-state index contributed by atoms with van der Waals surface area (Å²) in [5, 5.41) is 12.1. The van der Waals surface area contributed by atoms with Crippen LogP contribution in [0.2, 0.25) is 0 Å². The van der Waals surface area contributed by atoms with Gasteiger partial charge in [0.05, 0.1) is 24.0 Å². The number of ether oxygens (including phenoxy) is 1. The predicted molar refractivity (Wildman–Crippen MR) is 171 cm³/mol. The van der Waals surface area contributed by atoms with Gasteiger partial charge in [0.2, 0.25) is 11.8 Å².